The third-order valence-electron chi connectivity index (χ3n) is 3.17. The van der Waals surface area contributed by atoms with E-state index in [1.54, 1.807) is 0 Å². The number of ether oxygens (including phenoxy) is 1. The van der Waals surface area contributed by atoms with Crippen LogP contribution in [0.5, 0.6) is 5.75 Å². The molecule has 1 aliphatic heterocycles. The first-order valence-electron chi connectivity index (χ1n) is 6.14. The monoisotopic (exact) mass is 320 g/mol. The van der Waals surface area contributed by atoms with Crippen molar-refractivity contribution in [1.82, 2.24) is 5.01 Å². The molecule has 1 aromatic carbocycles. The van der Waals surface area contributed by atoms with Gasteiger partial charge in [0.15, 0.2) is 0 Å². The van der Waals surface area contributed by atoms with Crippen molar-refractivity contribution in [3.8, 4) is 5.75 Å². The van der Waals surface area contributed by atoms with Crippen LogP contribution in [0.4, 0.5) is 17.6 Å². The van der Waals surface area contributed by atoms with Crippen LogP contribution >= 0.6 is 0 Å². The van der Waals surface area contributed by atoms with E-state index in [0.717, 1.165) is 0 Å². The summed E-state index contributed by atoms with van der Waals surface area (Å²) in [7, 11) is 1.39. The summed E-state index contributed by atoms with van der Waals surface area (Å²) in [6, 6.07) is 5.29. The zero-order valence-corrected chi connectivity index (χ0v) is 11.3. The molecule has 1 heterocycles. The third kappa shape index (κ3) is 2.76. The number of benzene rings is 1. The molecule has 0 bridgehead atoms. The van der Waals surface area contributed by atoms with Crippen LogP contribution in [0, 0.1) is 0 Å². The zero-order valence-electron chi connectivity index (χ0n) is 11.3. The molecule has 1 aromatic rings. The van der Waals surface area contributed by atoms with Gasteiger partial charge in [0.1, 0.15) is 11.5 Å². The molecule has 0 aromatic heterocycles. The van der Waals surface area contributed by atoms with Crippen LogP contribution in [0.2, 0.25) is 0 Å². The second-order valence-electron chi connectivity index (χ2n) is 4.59. The lowest BCUT2D eigenvalue weighted by molar-refractivity contribution is -0.164. The molecule has 0 spiro atoms. The van der Waals surface area contributed by atoms with Crippen molar-refractivity contribution in [1.29, 1.82) is 0 Å². The van der Waals surface area contributed by atoms with Crippen molar-refractivity contribution in [2.24, 2.45) is 5.10 Å². The van der Waals surface area contributed by atoms with Gasteiger partial charge in [-0.25, -0.2) is 17.6 Å². The van der Waals surface area contributed by atoms with Crippen LogP contribution in [0.25, 0.3) is 0 Å². The molecule has 1 atom stereocenters. The number of rotatable bonds is 4. The first-order chi connectivity index (χ1) is 10.3. The van der Waals surface area contributed by atoms with Crippen LogP contribution in [0.1, 0.15) is 16.8 Å². The van der Waals surface area contributed by atoms with E-state index in [1.165, 1.54) is 31.4 Å². The van der Waals surface area contributed by atoms with Crippen LogP contribution in [-0.4, -0.2) is 47.4 Å². The SMILES string of the molecule is COc1ccc(C(=O)N2N=C(C(F)F)CC2(O)C(F)F)cc1. The van der Waals surface area contributed by atoms with Gasteiger partial charge < -0.3 is 9.84 Å². The fourth-order valence-corrected chi connectivity index (χ4v) is 1.96. The summed E-state index contributed by atoms with van der Waals surface area (Å²) >= 11 is 0. The Bertz CT molecular complexity index is 591. The van der Waals surface area contributed by atoms with Crippen molar-refractivity contribution in [3.63, 3.8) is 0 Å². The molecule has 0 aliphatic carbocycles. The summed E-state index contributed by atoms with van der Waals surface area (Å²) < 4.78 is 56.2. The van der Waals surface area contributed by atoms with Gasteiger partial charge in [-0.15, -0.1) is 0 Å². The fraction of sp³-hybridized carbons (Fsp3) is 0.385. The van der Waals surface area contributed by atoms with Crippen molar-refractivity contribution >= 4 is 11.6 Å². The topological polar surface area (TPSA) is 62.1 Å². The van der Waals surface area contributed by atoms with Gasteiger partial charge in [0.25, 0.3) is 18.8 Å². The van der Waals surface area contributed by atoms with Gasteiger partial charge in [0.2, 0.25) is 5.72 Å². The highest BCUT2D eigenvalue weighted by Gasteiger charge is 2.53. The van der Waals surface area contributed by atoms with E-state index >= 15 is 0 Å². The number of alkyl halides is 4. The van der Waals surface area contributed by atoms with Gasteiger partial charge in [-0.2, -0.15) is 10.1 Å². The summed E-state index contributed by atoms with van der Waals surface area (Å²) in [6.45, 7) is 0. The number of methoxy groups -OCH3 is 1. The lowest BCUT2D eigenvalue weighted by Gasteiger charge is -2.30. The fourth-order valence-electron chi connectivity index (χ4n) is 1.96. The standard InChI is InChI=1S/C13H12F4N2O3/c1-22-8-4-2-7(3-5-8)11(20)19-13(21,12(16)17)6-9(18-19)10(14)15/h2-5,10,12,21H,6H2,1H3. The molecule has 120 valence electrons. The number of halogens is 4. The number of hydrogen-bond donors (Lipinski definition) is 1. The third-order valence-corrected chi connectivity index (χ3v) is 3.17. The Kier molecular flexibility index (Phi) is 4.36. The van der Waals surface area contributed by atoms with Gasteiger partial charge in [0, 0.05) is 12.0 Å². The molecule has 0 radical (unpaired) electrons. The van der Waals surface area contributed by atoms with Gasteiger partial charge >= 0.3 is 0 Å². The van der Waals surface area contributed by atoms with E-state index in [2.05, 4.69) is 5.10 Å². The number of amides is 1. The molecule has 1 aliphatic rings. The van der Waals surface area contributed by atoms with Crippen molar-refractivity contribution in [2.75, 3.05) is 7.11 Å². The minimum Gasteiger partial charge on any atom is -0.497 e. The highest BCUT2D eigenvalue weighted by molar-refractivity contribution is 5.99. The molecular weight excluding hydrogens is 308 g/mol. The predicted molar refractivity (Wildman–Crippen MR) is 68.2 cm³/mol. The smallest absolute Gasteiger partial charge is 0.287 e. The Morgan fingerprint density at radius 1 is 1.32 bits per heavy atom. The molecule has 0 saturated carbocycles. The number of nitrogens with zero attached hydrogens (tertiary/aromatic N) is 2. The van der Waals surface area contributed by atoms with Gasteiger partial charge in [-0.05, 0) is 24.3 Å². The Morgan fingerprint density at radius 3 is 2.36 bits per heavy atom. The maximum Gasteiger partial charge on any atom is 0.287 e. The molecular formula is C13H12F4N2O3. The summed E-state index contributed by atoms with van der Waals surface area (Å²) in [5.74, 6) is -0.694. The largest absolute Gasteiger partial charge is 0.497 e. The number of carbonyl (C=O) groups excluding carboxylic acids is 1. The van der Waals surface area contributed by atoms with Crippen LogP contribution in [-0.2, 0) is 0 Å². The maximum absolute atomic E-state index is 13.0. The predicted octanol–water partition coefficient (Wildman–Crippen LogP) is 2.12. The Hall–Kier alpha value is -2.16. The Labute approximate surface area is 122 Å². The zero-order chi connectivity index (χ0) is 16.5. The van der Waals surface area contributed by atoms with Crippen molar-refractivity contribution in [2.45, 2.75) is 25.0 Å². The highest BCUT2D eigenvalue weighted by Crippen LogP contribution is 2.34. The molecule has 5 nitrogen and oxygen atoms in total. The van der Waals surface area contributed by atoms with Gasteiger partial charge in [-0.1, -0.05) is 0 Å². The molecule has 0 fully saturated rings. The van der Waals surface area contributed by atoms with Crippen molar-refractivity contribution in [3.05, 3.63) is 29.8 Å². The average Bonchev–Trinajstić information content (AvgIpc) is 2.86. The Morgan fingerprint density at radius 2 is 1.91 bits per heavy atom. The van der Waals surface area contributed by atoms with E-state index in [0.29, 0.717) is 5.75 Å². The lowest BCUT2D eigenvalue weighted by Crippen LogP contribution is -2.51. The van der Waals surface area contributed by atoms with E-state index in [1.807, 2.05) is 0 Å². The van der Waals surface area contributed by atoms with E-state index in [4.69, 9.17) is 4.74 Å². The molecule has 1 N–H and O–H groups in total. The quantitative estimate of drug-likeness (QED) is 0.865. The molecule has 22 heavy (non-hydrogen) atoms. The summed E-state index contributed by atoms with van der Waals surface area (Å²) in [6.07, 6.45) is -7.70. The highest BCUT2D eigenvalue weighted by atomic mass is 19.3. The first kappa shape index (κ1) is 16.2. The van der Waals surface area contributed by atoms with E-state index in [-0.39, 0.29) is 10.6 Å². The minimum atomic E-state index is -3.45. The van der Waals surface area contributed by atoms with E-state index < -0.39 is 36.6 Å². The van der Waals surface area contributed by atoms with Gasteiger partial charge in [0.05, 0.1) is 7.11 Å². The lowest BCUT2D eigenvalue weighted by atomic mass is 10.1. The number of hydrazone groups is 1. The normalized spacial score (nSPS) is 21.5. The van der Waals surface area contributed by atoms with E-state index in [9.17, 15) is 27.5 Å². The van der Waals surface area contributed by atoms with Crippen LogP contribution in [0.15, 0.2) is 29.4 Å². The number of hydrogen-bond acceptors (Lipinski definition) is 4. The number of aliphatic hydroxyl groups is 1. The van der Waals surface area contributed by atoms with Crippen LogP contribution in [0.3, 0.4) is 0 Å². The Balaban J connectivity index is 2.35. The second kappa shape index (κ2) is 5.91. The second-order valence-corrected chi connectivity index (χ2v) is 4.59. The molecule has 0 saturated heterocycles. The molecule has 1 amide bonds. The van der Waals surface area contributed by atoms with Crippen LogP contribution < -0.4 is 4.74 Å². The first-order valence-corrected chi connectivity index (χ1v) is 6.14. The van der Waals surface area contributed by atoms with Crippen molar-refractivity contribution < 1.29 is 32.2 Å². The summed E-state index contributed by atoms with van der Waals surface area (Å²) in [4.78, 5) is 12.2. The molecule has 9 heteroatoms. The maximum atomic E-state index is 13.0. The summed E-state index contributed by atoms with van der Waals surface area (Å²) in [5.41, 5.74) is -4.15. The number of carbonyl (C=O) groups is 1. The minimum absolute atomic E-state index is 0.0149. The molecule has 2 rings (SSSR count). The summed E-state index contributed by atoms with van der Waals surface area (Å²) in [5, 5.41) is 13.0. The average molecular weight is 320 g/mol. The molecule has 1 unspecified atom stereocenters. The van der Waals surface area contributed by atoms with Gasteiger partial charge in [-0.3, -0.25) is 4.79 Å².